The summed E-state index contributed by atoms with van der Waals surface area (Å²) >= 11 is 1.71. The topological polar surface area (TPSA) is 67.7 Å². The van der Waals surface area contributed by atoms with E-state index in [0.29, 0.717) is 18.1 Å². The molecule has 1 aliphatic heterocycles. The lowest BCUT2D eigenvalue weighted by Gasteiger charge is -2.30. The largest absolute Gasteiger partial charge is 0.470 e. The average Bonchev–Trinajstić information content (AvgIpc) is 3.28. The van der Waals surface area contributed by atoms with Gasteiger partial charge in [0.05, 0.1) is 23.4 Å². The van der Waals surface area contributed by atoms with Crippen molar-refractivity contribution in [1.29, 1.82) is 0 Å². The summed E-state index contributed by atoms with van der Waals surface area (Å²) in [5.74, 6) is 0.998. The van der Waals surface area contributed by atoms with E-state index in [4.69, 9.17) is 4.74 Å². The number of ether oxygens (including phenoxy) is 1. The van der Waals surface area contributed by atoms with E-state index in [2.05, 4.69) is 19.9 Å². The second kappa shape index (κ2) is 10.7. The van der Waals surface area contributed by atoms with Crippen molar-refractivity contribution >= 4 is 34.4 Å². The lowest BCUT2D eigenvalue weighted by molar-refractivity contribution is 0.100. The van der Waals surface area contributed by atoms with Crippen molar-refractivity contribution < 1.29 is 9.53 Å². The quantitative estimate of drug-likeness (QED) is 0.418. The van der Waals surface area contributed by atoms with Crippen LogP contribution in [0.3, 0.4) is 0 Å². The summed E-state index contributed by atoms with van der Waals surface area (Å²) in [7, 11) is 0. The minimum Gasteiger partial charge on any atom is -0.470 e. The van der Waals surface area contributed by atoms with E-state index in [0.717, 1.165) is 60.9 Å². The number of hydrogen-bond acceptors (Lipinski definition) is 6. The predicted octanol–water partition coefficient (Wildman–Crippen LogP) is 5.56. The van der Waals surface area contributed by atoms with Crippen molar-refractivity contribution in [3.05, 3.63) is 52.7 Å². The van der Waals surface area contributed by atoms with Crippen LogP contribution < -0.4 is 4.74 Å². The Balaban J connectivity index is 1.08. The number of thiazole rings is 1. The van der Waals surface area contributed by atoms with Gasteiger partial charge >= 0.3 is 0 Å². The van der Waals surface area contributed by atoms with Crippen LogP contribution in [0.15, 0.2) is 41.5 Å². The van der Waals surface area contributed by atoms with Crippen LogP contribution in [-0.4, -0.2) is 46.7 Å². The molecule has 34 heavy (non-hydrogen) atoms. The van der Waals surface area contributed by atoms with Gasteiger partial charge in [0.15, 0.2) is 0 Å². The van der Waals surface area contributed by atoms with Crippen LogP contribution in [0.5, 0.6) is 5.19 Å². The lowest BCUT2D eigenvalue weighted by Crippen LogP contribution is -2.32. The maximum Gasteiger partial charge on any atom is 0.277 e. The maximum atomic E-state index is 12.7. The molecular formula is C27H32N4O2S. The first-order valence-corrected chi connectivity index (χ1v) is 13.3. The minimum absolute atomic E-state index is 0.167. The SMILES string of the molecule is CCOc1nc2c(s1)CCN(CCC1CCC(C=NC(=O)c3cccc4ncccc34)CC1)C2. The summed E-state index contributed by atoms with van der Waals surface area (Å²) in [6.07, 6.45) is 10.6. The molecule has 3 heterocycles. The highest BCUT2D eigenvalue weighted by atomic mass is 32.1. The molecule has 0 unspecified atom stereocenters. The highest BCUT2D eigenvalue weighted by Crippen LogP contribution is 2.32. The first-order chi connectivity index (χ1) is 16.7. The molecule has 3 aromatic rings. The van der Waals surface area contributed by atoms with Gasteiger partial charge in [-0.15, -0.1) is 0 Å². The number of nitrogens with zero attached hydrogens (tertiary/aromatic N) is 4. The van der Waals surface area contributed by atoms with Crippen molar-refractivity contribution in [1.82, 2.24) is 14.9 Å². The van der Waals surface area contributed by atoms with Gasteiger partial charge in [0.1, 0.15) is 0 Å². The number of aromatic nitrogens is 2. The van der Waals surface area contributed by atoms with Gasteiger partial charge in [0, 0.05) is 35.8 Å². The first kappa shape index (κ1) is 23.1. The van der Waals surface area contributed by atoms with E-state index in [1.165, 1.54) is 29.8 Å². The molecular weight excluding hydrogens is 444 g/mol. The number of carbonyl (C=O) groups is 1. The Bertz CT molecular complexity index is 1160. The Labute approximate surface area is 205 Å². The number of fused-ring (bicyclic) bond motifs is 2. The maximum absolute atomic E-state index is 12.7. The molecule has 1 saturated carbocycles. The van der Waals surface area contributed by atoms with Crippen molar-refractivity contribution in [3.8, 4) is 5.19 Å². The summed E-state index contributed by atoms with van der Waals surface area (Å²) in [6.45, 7) is 5.89. The van der Waals surface area contributed by atoms with E-state index < -0.39 is 0 Å². The Kier molecular flexibility index (Phi) is 7.30. The fourth-order valence-electron chi connectivity index (χ4n) is 5.13. The van der Waals surface area contributed by atoms with Crippen LogP contribution in [0, 0.1) is 11.8 Å². The average molecular weight is 477 g/mol. The summed E-state index contributed by atoms with van der Waals surface area (Å²) < 4.78 is 5.59. The Hall–Kier alpha value is -2.64. The molecule has 1 aromatic carbocycles. The molecule has 0 atom stereocenters. The Morgan fingerprint density at radius 2 is 2.12 bits per heavy atom. The van der Waals surface area contributed by atoms with Crippen LogP contribution in [0.2, 0.25) is 0 Å². The van der Waals surface area contributed by atoms with E-state index in [9.17, 15) is 4.79 Å². The van der Waals surface area contributed by atoms with Crippen molar-refractivity contribution in [2.45, 2.75) is 52.0 Å². The van der Waals surface area contributed by atoms with Gasteiger partial charge < -0.3 is 4.74 Å². The van der Waals surface area contributed by atoms with Crippen molar-refractivity contribution in [3.63, 3.8) is 0 Å². The lowest BCUT2D eigenvalue weighted by atomic mass is 9.81. The zero-order valence-corrected chi connectivity index (χ0v) is 20.6. The standard InChI is InChI=1S/C27H32N4O2S/c1-2-33-27-30-24-18-31(16-13-25(24)34-27)15-12-19-8-10-20(11-9-19)17-29-26(32)22-5-3-7-23-21(22)6-4-14-28-23/h3-7,14,17,19-20H,2,8-13,15-16,18H2,1H3. The minimum atomic E-state index is -0.167. The fraction of sp³-hybridized carbons (Fsp3) is 0.481. The molecule has 2 aromatic heterocycles. The van der Waals surface area contributed by atoms with Gasteiger partial charge in [0.2, 0.25) is 0 Å². The van der Waals surface area contributed by atoms with Crippen LogP contribution in [0.1, 0.15) is 60.0 Å². The first-order valence-electron chi connectivity index (χ1n) is 12.5. The molecule has 6 nitrogen and oxygen atoms in total. The fourth-order valence-corrected chi connectivity index (χ4v) is 6.09. The third-order valence-electron chi connectivity index (χ3n) is 7.08. The Morgan fingerprint density at radius 1 is 1.24 bits per heavy atom. The van der Waals surface area contributed by atoms with Gasteiger partial charge in [-0.3, -0.25) is 14.7 Å². The normalized spacial score (nSPS) is 21.1. The van der Waals surface area contributed by atoms with Gasteiger partial charge in [-0.25, -0.2) is 9.98 Å². The third-order valence-corrected chi connectivity index (χ3v) is 8.15. The molecule has 0 N–H and O–H groups in total. The molecule has 1 amide bonds. The number of carbonyl (C=O) groups excluding carboxylic acids is 1. The van der Waals surface area contributed by atoms with E-state index in [-0.39, 0.29) is 5.91 Å². The van der Waals surface area contributed by atoms with Gasteiger partial charge in [-0.1, -0.05) is 23.5 Å². The molecule has 5 rings (SSSR count). The summed E-state index contributed by atoms with van der Waals surface area (Å²) in [6, 6.07) is 9.44. The number of pyridine rings is 1. The zero-order valence-electron chi connectivity index (χ0n) is 19.8. The highest BCUT2D eigenvalue weighted by Gasteiger charge is 2.24. The monoisotopic (exact) mass is 476 g/mol. The zero-order chi connectivity index (χ0) is 23.3. The van der Waals surface area contributed by atoms with E-state index in [1.807, 2.05) is 43.5 Å². The van der Waals surface area contributed by atoms with Crippen LogP contribution in [0.25, 0.3) is 10.9 Å². The van der Waals surface area contributed by atoms with E-state index >= 15 is 0 Å². The van der Waals surface area contributed by atoms with Crippen molar-refractivity contribution in [2.75, 3.05) is 19.7 Å². The van der Waals surface area contributed by atoms with Gasteiger partial charge in [0.25, 0.3) is 11.1 Å². The molecule has 0 spiro atoms. The van der Waals surface area contributed by atoms with Crippen molar-refractivity contribution in [2.24, 2.45) is 16.8 Å². The molecule has 7 heteroatoms. The molecule has 0 bridgehead atoms. The van der Waals surface area contributed by atoms with Gasteiger partial charge in [-0.05, 0) is 82.0 Å². The summed E-state index contributed by atoms with van der Waals surface area (Å²) in [4.78, 5) is 30.0. The number of hydrogen-bond donors (Lipinski definition) is 0. The summed E-state index contributed by atoms with van der Waals surface area (Å²) in [5.41, 5.74) is 2.68. The number of amides is 1. The van der Waals surface area contributed by atoms with Crippen LogP contribution >= 0.6 is 11.3 Å². The second-order valence-corrected chi connectivity index (χ2v) is 10.4. The van der Waals surface area contributed by atoms with Gasteiger partial charge in [-0.2, -0.15) is 0 Å². The molecule has 178 valence electrons. The van der Waals surface area contributed by atoms with Crippen LogP contribution in [-0.2, 0) is 13.0 Å². The smallest absolute Gasteiger partial charge is 0.277 e. The second-order valence-electron chi connectivity index (χ2n) is 9.34. The Morgan fingerprint density at radius 3 is 2.97 bits per heavy atom. The number of aliphatic imine (C=N–C) groups is 1. The molecule has 2 aliphatic rings. The number of rotatable bonds is 7. The molecule has 0 saturated heterocycles. The van der Waals surface area contributed by atoms with E-state index in [1.54, 1.807) is 17.5 Å². The molecule has 0 radical (unpaired) electrons. The highest BCUT2D eigenvalue weighted by molar-refractivity contribution is 7.13. The summed E-state index contributed by atoms with van der Waals surface area (Å²) in [5, 5.41) is 1.69. The number of benzene rings is 1. The molecule has 1 aliphatic carbocycles. The van der Waals surface area contributed by atoms with Crippen LogP contribution in [0.4, 0.5) is 0 Å². The molecule has 1 fully saturated rings. The predicted molar refractivity (Wildman–Crippen MR) is 137 cm³/mol. The third kappa shape index (κ3) is 5.36.